The summed E-state index contributed by atoms with van der Waals surface area (Å²) >= 11 is 0. The second-order valence-corrected chi connectivity index (χ2v) is 5.37. The van der Waals surface area contributed by atoms with Crippen LogP contribution >= 0.6 is 0 Å². The standard InChI is InChI=1S/C16H23N3O2/c1-3-17-10-11-19(2)13-6-4-12(5-7-13)14-8-9-15(20)18-16(14)21/h4-7,14,17H,3,8-11H2,1-2H3,(H,18,20,21). The fraction of sp³-hybridized carbons (Fsp3) is 0.500. The van der Waals surface area contributed by atoms with Gasteiger partial charge in [0.25, 0.3) is 0 Å². The second kappa shape index (κ2) is 7.22. The van der Waals surface area contributed by atoms with Crippen molar-refractivity contribution < 1.29 is 9.59 Å². The lowest BCUT2D eigenvalue weighted by atomic mass is 9.90. The molecule has 0 aromatic heterocycles. The maximum atomic E-state index is 11.8. The van der Waals surface area contributed by atoms with E-state index < -0.39 is 0 Å². The first kappa shape index (κ1) is 15.5. The molecule has 5 nitrogen and oxygen atoms in total. The Balaban J connectivity index is 1.98. The summed E-state index contributed by atoms with van der Waals surface area (Å²) in [7, 11) is 2.05. The summed E-state index contributed by atoms with van der Waals surface area (Å²) in [6.07, 6.45) is 1.01. The fourth-order valence-electron chi connectivity index (χ4n) is 2.53. The normalized spacial score (nSPS) is 18.5. The van der Waals surface area contributed by atoms with Crippen LogP contribution in [-0.4, -0.2) is 38.5 Å². The molecule has 0 bridgehead atoms. The minimum Gasteiger partial charge on any atom is -0.373 e. The molecule has 0 aliphatic carbocycles. The van der Waals surface area contributed by atoms with Gasteiger partial charge in [-0.2, -0.15) is 0 Å². The molecule has 21 heavy (non-hydrogen) atoms. The molecule has 0 spiro atoms. The fourth-order valence-corrected chi connectivity index (χ4v) is 2.53. The van der Waals surface area contributed by atoms with E-state index in [1.807, 2.05) is 24.3 Å². The topological polar surface area (TPSA) is 61.4 Å². The molecule has 1 unspecified atom stereocenters. The van der Waals surface area contributed by atoms with Crippen LogP contribution in [0.1, 0.15) is 31.2 Å². The van der Waals surface area contributed by atoms with Crippen LogP contribution in [0.3, 0.4) is 0 Å². The van der Waals surface area contributed by atoms with Gasteiger partial charge < -0.3 is 10.2 Å². The third-order valence-corrected chi connectivity index (χ3v) is 3.85. The Morgan fingerprint density at radius 1 is 1.29 bits per heavy atom. The Morgan fingerprint density at radius 3 is 2.62 bits per heavy atom. The summed E-state index contributed by atoms with van der Waals surface area (Å²) in [5, 5.41) is 5.70. The van der Waals surface area contributed by atoms with Crippen LogP contribution in [0.4, 0.5) is 5.69 Å². The highest BCUT2D eigenvalue weighted by Gasteiger charge is 2.27. The third kappa shape index (κ3) is 4.04. The molecule has 2 N–H and O–H groups in total. The van der Waals surface area contributed by atoms with Gasteiger partial charge in [0, 0.05) is 32.2 Å². The summed E-state index contributed by atoms with van der Waals surface area (Å²) in [5.74, 6) is -0.556. The first-order valence-electron chi connectivity index (χ1n) is 7.47. The summed E-state index contributed by atoms with van der Waals surface area (Å²) < 4.78 is 0. The minimum absolute atomic E-state index is 0.170. The Kier molecular flexibility index (Phi) is 5.33. The first-order valence-corrected chi connectivity index (χ1v) is 7.47. The van der Waals surface area contributed by atoms with Crippen LogP contribution in [0.15, 0.2) is 24.3 Å². The summed E-state index contributed by atoms with van der Waals surface area (Å²) in [4.78, 5) is 25.2. The Hall–Kier alpha value is -1.88. The van der Waals surface area contributed by atoms with Crippen LogP contribution in [0, 0.1) is 0 Å². The largest absolute Gasteiger partial charge is 0.373 e. The van der Waals surface area contributed by atoms with Gasteiger partial charge in [-0.1, -0.05) is 19.1 Å². The highest BCUT2D eigenvalue weighted by atomic mass is 16.2. The zero-order valence-electron chi connectivity index (χ0n) is 12.7. The number of nitrogens with one attached hydrogen (secondary N) is 2. The van der Waals surface area contributed by atoms with Gasteiger partial charge in [-0.05, 0) is 30.7 Å². The number of hydrogen-bond donors (Lipinski definition) is 2. The van der Waals surface area contributed by atoms with Gasteiger partial charge in [0.2, 0.25) is 11.8 Å². The average molecular weight is 289 g/mol. The highest BCUT2D eigenvalue weighted by molar-refractivity contribution is 6.00. The lowest BCUT2D eigenvalue weighted by Gasteiger charge is -2.23. The highest BCUT2D eigenvalue weighted by Crippen LogP contribution is 2.26. The monoisotopic (exact) mass is 289 g/mol. The number of imide groups is 1. The quantitative estimate of drug-likeness (QED) is 0.611. The number of hydrogen-bond acceptors (Lipinski definition) is 4. The molecular weight excluding hydrogens is 266 g/mol. The average Bonchev–Trinajstić information content (AvgIpc) is 2.48. The molecular formula is C16H23N3O2. The van der Waals surface area contributed by atoms with Crippen LogP contribution < -0.4 is 15.5 Å². The van der Waals surface area contributed by atoms with E-state index in [0.717, 1.165) is 30.9 Å². The molecule has 1 heterocycles. The van der Waals surface area contributed by atoms with Gasteiger partial charge in [0.1, 0.15) is 0 Å². The molecule has 1 aliphatic heterocycles. The molecule has 1 saturated heterocycles. The number of nitrogens with zero attached hydrogens (tertiary/aromatic N) is 1. The Morgan fingerprint density at radius 2 is 2.00 bits per heavy atom. The summed E-state index contributed by atoms with van der Waals surface area (Å²) in [6.45, 7) is 4.95. The molecule has 1 fully saturated rings. The third-order valence-electron chi connectivity index (χ3n) is 3.85. The Bertz CT molecular complexity index is 499. The van der Waals surface area contributed by atoms with Gasteiger partial charge >= 0.3 is 0 Å². The van der Waals surface area contributed by atoms with Crippen molar-refractivity contribution in [2.45, 2.75) is 25.7 Å². The van der Waals surface area contributed by atoms with Crippen molar-refractivity contribution >= 4 is 17.5 Å². The number of carbonyl (C=O) groups is 2. The van der Waals surface area contributed by atoms with Crippen molar-refractivity contribution in [3.8, 4) is 0 Å². The SMILES string of the molecule is CCNCCN(C)c1ccc(C2CCC(=O)NC2=O)cc1. The van der Waals surface area contributed by atoms with E-state index in [1.165, 1.54) is 0 Å². The number of anilines is 1. The van der Waals surface area contributed by atoms with Gasteiger partial charge in [-0.15, -0.1) is 0 Å². The van der Waals surface area contributed by atoms with Crippen LogP contribution in [0.25, 0.3) is 0 Å². The predicted octanol–water partition coefficient (Wildman–Crippen LogP) is 1.25. The van der Waals surface area contributed by atoms with Crippen molar-refractivity contribution in [2.75, 3.05) is 31.6 Å². The smallest absolute Gasteiger partial charge is 0.234 e. The lowest BCUT2D eigenvalue weighted by Crippen LogP contribution is -2.39. The molecule has 5 heteroatoms. The predicted molar refractivity (Wildman–Crippen MR) is 83.4 cm³/mol. The van der Waals surface area contributed by atoms with Gasteiger partial charge in [-0.3, -0.25) is 14.9 Å². The molecule has 0 saturated carbocycles. The zero-order valence-corrected chi connectivity index (χ0v) is 12.7. The molecule has 1 aliphatic rings. The zero-order chi connectivity index (χ0) is 15.2. The maximum absolute atomic E-state index is 11.8. The van der Waals surface area contributed by atoms with Crippen LogP contribution in [0.5, 0.6) is 0 Å². The van der Waals surface area contributed by atoms with Gasteiger partial charge in [-0.25, -0.2) is 0 Å². The van der Waals surface area contributed by atoms with E-state index in [-0.39, 0.29) is 17.7 Å². The van der Waals surface area contributed by atoms with E-state index in [4.69, 9.17) is 0 Å². The van der Waals surface area contributed by atoms with E-state index in [0.29, 0.717) is 12.8 Å². The van der Waals surface area contributed by atoms with E-state index in [2.05, 4.69) is 29.5 Å². The van der Waals surface area contributed by atoms with E-state index in [1.54, 1.807) is 0 Å². The Labute approximate surface area is 125 Å². The molecule has 1 aromatic carbocycles. The molecule has 2 rings (SSSR count). The number of amides is 2. The minimum atomic E-state index is -0.205. The van der Waals surface area contributed by atoms with Gasteiger partial charge in [0.15, 0.2) is 0 Å². The number of likely N-dealkylation sites (N-methyl/N-ethyl adjacent to an activating group) is 2. The van der Waals surface area contributed by atoms with Crippen molar-refractivity contribution in [3.05, 3.63) is 29.8 Å². The summed E-state index contributed by atoms with van der Waals surface area (Å²) in [6, 6.07) is 8.04. The van der Waals surface area contributed by atoms with Crippen molar-refractivity contribution in [1.82, 2.24) is 10.6 Å². The lowest BCUT2D eigenvalue weighted by molar-refractivity contribution is -0.134. The number of piperidine rings is 1. The first-order chi connectivity index (χ1) is 10.1. The van der Waals surface area contributed by atoms with E-state index >= 15 is 0 Å². The molecule has 1 aromatic rings. The molecule has 0 radical (unpaired) electrons. The van der Waals surface area contributed by atoms with Crippen LogP contribution in [0.2, 0.25) is 0 Å². The summed E-state index contributed by atoms with van der Waals surface area (Å²) in [5.41, 5.74) is 2.10. The molecule has 2 amide bonds. The molecule has 1 atom stereocenters. The second-order valence-electron chi connectivity index (χ2n) is 5.37. The number of rotatable bonds is 6. The van der Waals surface area contributed by atoms with Crippen molar-refractivity contribution in [2.24, 2.45) is 0 Å². The maximum Gasteiger partial charge on any atom is 0.234 e. The van der Waals surface area contributed by atoms with Gasteiger partial charge in [0.05, 0.1) is 5.92 Å². The van der Waals surface area contributed by atoms with E-state index in [9.17, 15) is 9.59 Å². The van der Waals surface area contributed by atoms with Crippen LogP contribution in [-0.2, 0) is 9.59 Å². The number of benzene rings is 1. The molecule has 114 valence electrons. The number of carbonyl (C=O) groups excluding carboxylic acids is 2. The van der Waals surface area contributed by atoms with Crippen molar-refractivity contribution in [3.63, 3.8) is 0 Å². The van der Waals surface area contributed by atoms with Crippen molar-refractivity contribution in [1.29, 1.82) is 0 Å².